The number of aryl methyl sites for hydroxylation is 3. The van der Waals surface area contributed by atoms with E-state index in [9.17, 15) is 0 Å². The molecular weight excluding hydrogens is 877 g/mol. The molecule has 0 radical (unpaired) electrons. The first-order valence-corrected chi connectivity index (χ1v) is 24.7. The Hall–Kier alpha value is -9.18. The molecule has 11 aromatic carbocycles. The zero-order valence-electron chi connectivity index (χ0n) is 40.1. The lowest BCUT2D eigenvalue weighted by atomic mass is 9.90. The van der Waals surface area contributed by atoms with Crippen LogP contribution in [0.1, 0.15) is 16.7 Å². The maximum Gasteiger partial charge on any atom is 0.143 e. The molecule has 0 fully saturated rings. The Balaban J connectivity index is 0.837. The van der Waals surface area contributed by atoms with Gasteiger partial charge in [0, 0.05) is 49.0 Å². The fraction of sp³-hybridized carbons (Fsp3) is 0.0435. The SMILES string of the molecule is Cc1cc(-c2ccc(-c3cc(-c4ccccc4)c4oc5ccccc5c4c3)cc2C)cc(-c2cc(-c3ccc(-c4cccc(-c5cc(C)cc6c5oc5ccccc56)c4)cc3)cc3c2oc2ccccc23)c1. The smallest absolute Gasteiger partial charge is 0.143 e. The second kappa shape index (κ2) is 16.5. The molecule has 0 bridgehead atoms. The Bertz CT molecular complexity index is 4460. The van der Waals surface area contributed by atoms with E-state index in [2.05, 4.69) is 221 Å². The zero-order chi connectivity index (χ0) is 48.0. The van der Waals surface area contributed by atoms with Crippen LogP contribution in [-0.2, 0) is 0 Å². The number of benzene rings is 11. The van der Waals surface area contributed by atoms with Crippen molar-refractivity contribution in [3.63, 3.8) is 0 Å². The lowest BCUT2D eigenvalue weighted by Gasteiger charge is -2.14. The highest BCUT2D eigenvalue weighted by Gasteiger charge is 2.20. The Kier molecular flexibility index (Phi) is 9.56. The van der Waals surface area contributed by atoms with Crippen LogP contribution in [0.15, 0.2) is 238 Å². The molecule has 0 aliphatic heterocycles. The normalized spacial score (nSPS) is 11.8. The third kappa shape index (κ3) is 6.96. The average molecular weight is 923 g/mol. The van der Waals surface area contributed by atoms with E-state index in [1.54, 1.807) is 0 Å². The van der Waals surface area contributed by atoms with E-state index in [1.807, 2.05) is 24.3 Å². The summed E-state index contributed by atoms with van der Waals surface area (Å²) in [6, 6.07) is 80.8. The van der Waals surface area contributed by atoms with Gasteiger partial charge in [0.2, 0.25) is 0 Å². The molecular formula is C69H46O3. The quantitative estimate of drug-likeness (QED) is 0.160. The van der Waals surface area contributed by atoms with Crippen LogP contribution in [-0.4, -0.2) is 0 Å². The third-order valence-electron chi connectivity index (χ3n) is 14.6. The molecule has 3 heteroatoms. The number of fused-ring (bicyclic) bond motifs is 9. The van der Waals surface area contributed by atoms with Crippen molar-refractivity contribution in [1.82, 2.24) is 0 Å². The molecule has 0 atom stereocenters. The van der Waals surface area contributed by atoms with E-state index in [0.717, 1.165) is 127 Å². The fourth-order valence-electron chi connectivity index (χ4n) is 11.2. The Morgan fingerprint density at radius 3 is 1.24 bits per heavy atom. The highest BCUT2D eigenvalue weighted by Crippen LogP contribution is 2.44. The van der Waals surface area contributed by atoms with E-state index in [0.29, 0.717) is 0 Å². The number of hydrogen-bond acceptors (Lipinski definition) is 3. The van der Waals surface area contributed by atoms with Crippen LogP contribution >= 0.6 is 0 Å². The first-order valence-electron chi connectivity index (χ1n) is 24.7. The average Bonchev–Trinajstić information content (AvgIpc) is 4.12. The molecule has 0 saturated heterocycles. The Labute approximate surface area is 416 Å². The second-order valence-corrected chi connectivity index (χ2v) is 19.4. The predicted octanol–water partition coefficient (Wildman–Crippen LogP) is 20.0. The van der Waals surface area contributed by atoms with Gasteiger partial charge in [-0.05, 0) is 165 Å². The maximum atomic E-state index is 6.76. The summed E-state index contributed by atoms with van der Waals surface area (Å²) in [5, 5.41) is 6.75. The first kappa shape index (κ1) is 41.8. The maximum absolute atomic E-state index is 6.76. The molecule has 0 amide bonds. The van der Waals surface area contributed by atoms with Crippen molar-refractivity contribution in [2.24, 2.45) is 0 Å². The minimum absolute atomic E-state index is 0.881. The predicted molar refractivity (Wildman–Crippen MR) is 301 cm³/mol. The van der Waals surface area contributed by atoms with Gasteiger partial charge in [-0.3, -0.25) is 0 Å². The molecule has 0 unspecified atom stereocenters. The van der Waals surface area contributed by atoms with E-state index < -0.39 is 0 Å². The van der Waals surface area contributed by atoms with Crippen molar-refractivity contribution in [1.29, 1.82) is 0 Å². The summed E-state index contributed by atoms with van der Waals surface area (Å²) >= 11 is 0. The largest absolute Gasteiger partial charge is 0.455 e. The lowest BCUT2D eigenvalue weighted by molar-refractivity contribution is 0.669. The van der Waals surface area contributed by atoms with E-state index in [-0.39, 0.29) is 0 Å². The summed E-state index contributed by atoms with van der Waals surface area (Å²) < 4.78 is 19.8. The molecule has 14 aromatic rings. The molecule has 3 nitrogen and oxygen atoms in total. The lowest BCUT2D eigenvalue weighted by Crippen LogP contribution is -1.90. The second-order valence-electron chi connectivity index (χ2n) is 19.4. The number of rotatable bonds is 7. The van der Waals surface area contributed by atoms with Crippen LogP contribution in [0, 0.1) is 20.8 Å². The molecule has 0 aliphatic carbocycles. The highest BCUT2D eigenvalue weighted by molar-refractivity contribution is 6.13. The molecule has 3 heterocycles. The fourth-order valence-corrected chi connectivity index (χ4v) is 11.2. The number of hydrogen-bond donors (Lipinski definition) is 0. The topological polar surface area (TPSA) is 39.4 Å². The third-order valence-corrected chi connectivity index (χ3v) is 14.6. The van der Waals surface area contributed by atoms with Gasteiger partial charge in [0.15, 0.2) is 0 Å². The van der Waals surface area contributed by atoms with Crippen molar-refractivity contribution >= 4 is 65.8 Å². The van der Waals surface area contributed by atoms with Gasteiger partial charge in [0.05, 0.1) is 0 Å². The summed E-state index contributed by atoms with van der Waals surface area (Å²) in [6.45, 7) is 6.58. The first-order chi connectivity index (χ1) is 35.4. The van der Waals surface area contributed by atoms with Crippen molar-refractivity contribution in [2.75, 3.05) is 0 Å². The van der Waals surface area contributed by atoms with Crippen molar-refractivity contribution in [3.8, 4) is 77.9 Å². The van der Waals surface area contributed by atoms with Crippen LogP contribution in [0.3, 0.4) is 0 Å². The Morgan fingerprint density at radius 1 is 0.222 bits per heavy atom. The van der Waals surface area contributed by atoms with Crippen LogP contribution in [0.4, 0.5) is 0 Å². The molecule has 0 aliphatic rings. The molecule has 0 spiro atoms. The van der Waals surface area contributed by atoms with Crippen molar-refractivity contribution in [3.05, 3.63) is 241 Å². The monoisotopic (exact) mass is 922 g/mol. The molecule has 0 N–H and O–H groups in total. The van der Waals surface area contributed by atoms with Crippen molar-refractivity contribution in [2.45, 2.75) is 20.8 Å². The van der Waals surface area contributed by atoms with Crippen LogP contribution in [0.25, 0.3) is 144 Å². The van der Waals surface area contributed by atoms with Gasteiger partial charge in [-0.25, -0.2) is 0 Å². The van der Waals surface area contributed by atoms with Gasteiger partial charge in [-0.2, -0.15) is 0 Å². The number of para-hydroxylation sites is 3. The van der Waals surface area contributed by atoms with Gasteiger partial charge in [-0.1, -0.05) is 158 Å². The summed E-state index contributed by atoms with van der Waals surface area (Å²) in [5.74, 6) is 0. The number of furan rings is 3. The van der Waals surface area contributed by atoms with E-state index in [4.69, 9.17) is 13.3 Å². The van der Waals surface area contributed by atoms with Crippen LogP contribution in [0.5, 0.6) is 0 Å². The summed E-state index contributed by atoms with van der Waals surface area (Å²) in [4.78, 5) is 0. The van der Waals surface area contributed by atoms with E-state index >= 15 is 0 Å². The zero-order valence-corrected chi connectivity index (χ0v) is 40.1. The molecule has 72 heavy (non-hydrogen) atoms. The minimum Gasteiger partial charge on any atom is -0.455 e. The Morgan fingerprint density at radius 2 is 0.639 bits per heavy atom. The van der Waals surface area contributed by atoms with Gasteiger partial charge in [0.1, 0.15) is 33.5 Å². The van der Waals surface area contributed by atoms with Gasteiger partial charge < -0.3 is 13.3 Å². The molecule has 3 aromatic heterocycles. The molecule has 340 valence electrons. The molecule has 14 rings (SSSR count). The highest BCUT2D eigenvalue weighted by atomic mass is 16.3. The van der Waals surface area contributed by atoms with Crippen molar-refractivity contribution < 1.29 is 13.3 Å². The van der Waals surface area contributed by atoms with Gasteiger partial charge >= 0.3 is 0 Å². The minimum atomic E-state index is 0.881. The molecule has 0 saturated carbocycles. The summed E-state index contributed by atoms with van der Waals surface area (Å²) in [5.41, 5.74) is 24.9. The standard InChI is InChI=1S/C69H46O3/c1-41-30-52(54-29-28-48(34-43(54)3)51-38-59(46-14-5-4-6-15-46)68-63(40-51)57-20-9-11-22-65(57)71-68)36-53(31-41)60-37-50(39-62-56-19-8-12-23-66(56)72-69(60)62)45-26-24-44(25-27-45)47-16-13-17-49(35-47)58-32-42(2)33-61-55-18-7-10-21-64(55)70-67(58)61/h4-40H,1-3H3. The van der Waals surface area contributed by atoms with Crippen LogP contribution in [0.2, 0.25) is 0 Å². The summed E-state index contributed by atoms with van der Waals surface area (Å²) in [6.07, 6.45) is 0. The summed E-state index contributed by atoms with van der Waals surface area (Å²) in [7, 11) is 0. The van der Waals surface area contributed by atoms with Crippen LogP contribution < -0.4 is 0 Å². The van der Waals surface area contributed by atoms with Gasteiger partial charge in [0.25, 0.3) is 0 Å². The van der Waals surface area contributed by atoms with E-state index in [1.165, 1.54) is 33.4 Å². The van der Waals surface area contributed by atoms with Gasteiger partial charge in [-0.15, -0.1) is 0 Å².